The van der Waals surface area contributed by atoms with Crippen LogP contribution >= 0.6 is 0 Å². The molecule has 0 radical (unpaired) electrons. The Morgan fingerprint density at radius 1 is 1.33 bits per heavy atom. The Balaban J connectivity index is 1.34. The van der Waals surface area contributed by atoms with E-state index in [0.717, 1.165) is 32.2 Å². The second-order valence-corrected chi connectivity index (χ2v) is 6.47. The van der Waals surface area contributed by atoms with Crippen LogP contribution in [0.4, 0.5) is 0 Å². The normalized spacial score (nSPS) is 25.3. The first-order chi connectivity index (χ1) is 10.3. The number of rotatable bonds is 5. The third-order valence-corrected chi connectivity index (χ3v) is 4.76. The molecule has 2 fully saturated rings. The molecule has 3 heterocycles. The summed E-state index contributed by atoms with van der Waals surface area (Å²) in [6.45, 7) is 6.37. The Kier molecular flexibility index (Phi) is 5.27. The Hall–Kier alpha value is -0.910. The van der Waals surface area contributed by atoms with Crippen molar-refractivity contribution >= 4 is 0 Å². The zero-order valence-corrected chi connectivity index (χ0v) is 13.1. The zero-order chi connectivity index (χ0) is 14.5. The molecule has 1 N–H and O–H groups in total. The van der Waals surface area contributed by atoms with Crippen LogP contribution in [0, 0.1) is 5.92 Å². The molecule has 1 atom stereocenters. The summed E-state index contributed by atoms with van der Waals surface area (Å²) in [5, 5.41) is 7.89. The number of hydrogen-bond acceptors (Lipinski definition) is 4. The van der Waals surface area contributed by atoms with Gasteiger partial charge in [-0.3, -0.25) is 9.58 Å². The first kappa shape index (κ1) is 15.0. The summed E-state index contributed by atoms with van der Waals surface area (Å²) < 4.78 is 7.68. The van der Waals surface area contributed by atoms with Gasteiger partial charge in [0.05, 0.1) is 18.4 Å². The number of hydrogen-bond donors (Lipinski definition) is 1. The maximum atomic E-state index is 5.79. The Labute approximate surface area is 127 Å². The van der Waals surface area contributed by atoms with Crippen molar-refractivity contribution in [3.05, 3.63) is 18.0 Å². The summed E-state index contributed by atoms with van der Waals surface area (Å²) in [4.78, 5) is 2.54. The number of nitrogens with one attached hydrogen (secondary N) is 1. The van der Waals surface area contributed by atoms with Crippen molar-refractivity contribution in [2.45, 2.75) is 38.3 Å². The van der Waals surface area contributed by atoms with Gasteiger partial charge >= 0.3 is 0 Å². The van der Waals surface area contributed by atoms with Gasteiger partial charge in [-0.05, 0) is 50.8 Å². The van der Waals surface area contributed by atoms with E-state index in [1.807, 2.05) is 17.9 Å². The molecule has 5 heteroatoms. The Morgan fingerprint density at radius 3 is 2.86 bits per heavy atom. The quantitative estimate of drug-likeness (QED) is 0.891. The molecule has 2 aliphatic heterocycles. The molecule has 0 aliphatic carbocycles. The van der Waals surface area contributed by atoms with Crippen LogP contribution in [-0.2, 0) is 18.3 Å². The molecule has 1 aromatic heterocycles. The molecule has 0 saturated carbocycles. The van der Waals surface area contributed by atoms with Gasteiger partial charge in [0.2, 0.25) is 0 Å². The van der Waals surface area contributed by atoms with Crippen molar-refractivity contribution in [1.29, 1.82) is 0 Å². The van der Waals surface area contributed by atoms with Gasteiger partial charge in [0.25, 0.3) is 0 Å². The number of morpholine rings is 1. The number of piperidine rings is 1. The van der Waals surface area contributed by atoms with E-state index in [-0.39, 0.29) is 0 Å². The number of ether oxygens (including phenoxy) is 1. The van der Waals surface area contributed by atoms with Gasteiger partial charge in [0.1, 0.15) is 0 Å². The summed E-state index contributed by atoms with van der Waals surface area (Å²) in [6, 6.07) is 2.12. The summed E-state index contributed by atoms with van der Waals surface area (Å²) in [5.74, 6) is 0.885. The van der Waals surface area contributed by atoms with Gasteiger partial charge in [-0.15, -0.1) is 0 Å². The highest BCUT2D eigenvalue weighted by Crippen LogP contribution is 2.24. The van der Waals surface area contributed by atoms with E-state index in [2.05, 4.69) is 21.4 Å². The molecule has 1 unspecified atom stereocenters. The summed E-state index contributed by atoms with van der Waals surface area (Å²) in [5.41, 5.74) is 1.19. The number of likely N-dealkylation sites (tertiary alicyclic amines) is 1. The predicted molar refractivity (Wildman–Crippen MR) is 83.1 cm³/mol. The standard InChI is InChI=1S/C16H28N4O/c1-19-8-6-15(18-19)13-20-9-4-14(5-10-20)2-3-16-12-17-7-11-21-16/h6,8,14,16-17H,2-5,7,9-13H2,1H3. The van der Waals surface area contributed by atoms with Crippen molar-refractivity contribution in [2.24, 2.45) is 13.0 Å². The van der Waals surface area contributed by atoms with Crippen LogP contribution in [0.3, 0.4) is 0 Å². The van der Waals surface area contributed by atoms with E-state index in [0.29, 0.717) is 6.10 Å². The van der Waals surface area contributed by atoms with Crippen molar-refractivity contribution in [1.82, 2.24) is 20.0 Å². The molecule has 0 spiro atoms. The van der Waals surface area contributed by atoms with E-state index in [1.165, 1.54) is 44.5 Å². The van der Waals surface area contributed by atoms with Crippen molar-refractivity contribution < 1.29 is 4.74 Å². The van der Waals surface area contributed by atoms with Gasteiger partial charge in [-0.25, -0.2) is 0 Å². The molecule has 5 nitrogen and oxygen atoms in total. The van der Waals surface area contributed by atoms with E-state index in [1.54, 1.807) is 0 Å². The van der Waals surface area contributed by atoms with Gasteiger partial charge in [-0.2, -0.15) is 5.10 Å². The topological polar surface area (TPSA) is 42.3 Å². The van der Waals surface area contributed by atoms with Crippen LogP contribution in [0.2, 0.25) is 0 Å². The molecule has 1 aromatic rings. The number of nitrogens with zero attached hydrogens (tertiary/aromatic N) is 3. The highest BCUT2D eigenvalue weighted by Gasteiger charge is 2.21. The van der Waals surface area contributed by atoms with Gasteiger partial charge in [0.15, 0.2) is 0 Å². The second kappa shape index (κ2) is 7.38. The SMILES string of the molecule is Cn1ccc(CN2CCC(CCC3CNCCO3)CC2)n1. The molecule has 21 heavy (non-hydrogen) atoms. The average molecular weight is 292 g/mol. The minimum Gasteiger partial charge on any atom is -0.376 e. The second-order valence-electron chi connectivity index (χ2n) is 6.47. The fourth-order valence-electron chi connectivity index (χ4n) is 3.44. The van der Waals surface area contributed by atoms with Crippen LogP contribution in [0.1, 0.15) is 31.4 Å². The lowest BCUT2D eigenvalue weighted by Crippen LogP contribution is -2.39. The van der Waals surface area contributed by atoms with Gasteiger partial charge in [0, 0.05) is 32.9 Å². The van der Waals surface area contributed by atoms with E-state index >= 15 is 0 Å². The van der Waals surface area contributed by atoms with Crippen LogP contribution in [0.5, 0.6) is 0 Å². The molecule has 3 rings (SSSR count). The van der Waals surface area contributed by atoms with Crippen molar-refractivity contribution in [3.8, 4) is 0 Å². The molecule has 0 bridgehead atoms. The molecule has 118 valence electrons. The maximum absolute atomic E-state index is 5.79. The third kappa shape index (κ3) is 4.53. The van der Waals surface area contributed by atoms with E-state index < -0.39 is 0 Å². The van der Waals surface area contributed by atoms with E-state index in [4.69, 9.17) is 4.74 Å². The molecule has 2 aliphatic rings. The van der Waals surface area contributed by atoms with Crippen LogP contribution in [-0.4, -0.2) is 53.6 Å². The largest absolute Gasteiger partial charge is 0.376 e. The number of aromatic nitrogens is 2. The summed E-state index contributed by atoms with van der Waals surface area (Å²) >= 11 is 0. The monoisotopic (exact) mass is 292 g/mol. The average Bonchev–Trinajstić information content (AvgIpc) is 2.93. The summed E-state index contributed by atoms with van der Waals surface area (Å²) in [7, 11) is 1.98. The van der Waals surface area contributed by atoms with Crippen LogP contribution in [0.15, 0.2) is 12.3 Å². The van der Waals surface area contributed by atoms with Gasteiger partial charge < -0.3 is 10.1 Å². The third-order valence-electron chi connectivity index (χ3n) is 4.76. The van der Waals surface area contributed by atoms with Crippen LogP contribution in [0.25, 0.3) is 0 Å². The molecule has 0 aromatic carbocycles. The predicted octanol–water partition coefficient (Wildman–Crippen LogP) is 1.40. The lowest BCUT2D eigenvalue weighted by Gasteiger charge is -2.32. The first-order valence-corrected chi connectivity index (χ1v) is 8.33. The lowest BCUT2D eigenvalue weighted by atomic mass is 9.91. The first-order valence-electron chi connectivity index (χ1n) is 8.33. The fourth-order valence-corrected chi connectivity index (χ4v) is 3.44. The van der Waals surface area contributed by atoms with Crippen molar-refractivity contribution in [3.63, 3.8) is 0 Å². The molecule has 0 amide bonds. The summed E-state index contributed by atoms with van der Waals surface area (Å²) in [6.07, 6.45) is 7.67. The smallest absolute Gasteiger partial charge is 0.0764 e. The van der Waals surface area contributed by atoms with Gasteiger partial charge in [-0.1, -0.05) is 0 Å². The fraction of sp³-hybridized carbons (Fsp3) is 0.812. The van der Waals surface area contributed by atoms with E-state index in [9.17, 15) is 0 Å². The lowest BCUT2D eigenvalue weighted by molar-refractivity contribution is 0.0175. The maximum Gasteiger partial charge on any atom is 0.0764 e. The minimum absolute atomic E-state index is 0.449. The Bertz CT molecular complexity index is 420. The zero-order valence-electron chi connectivity index (χ0n) is 13.1. The van der Waals surface area contributed by atoms with Crippen molar-refractivity contribution in [2.75, 3.05) is 32.8 Å². The number of aryl methyl sites for hydroxylation is 1. The highest BCUT2D eigenvalue weighted by atomic mass is 16.5. The minimum atomic E-state index is 0.449. The molecule has 2 saturated heterocycles. The molecular weight excluding hydrogens is 264 g/mol. The Morgan fingerprint density at radius 2 is 2.19 bits per heavy atom. The highest BCUT2D eigenvalue weighted by molar-refractivity contribution is 4.98. The molecular formula is C16H28N4O. The van der Waals surface area contributed by atoms with Crippen LogP contribution < -0.4 is 5.32 Å².